The summed E-state index contributed by atoms with van der Waals surface area (Å²) in [5.41, 5.74) is -0.599. The molecule has 0 saturated carbocycles. The summed E-state index contributed by atoms with van der Waals surface area (Å²) >= 11 is 7.57. The fraction of sp³-hybridized carbons (Fsp3) is 0.467. The van der Waals surface area contributed by atoms with Crippen LogP contribution in [0.15, 0.2) is 23.1 Å². The largest absolute Gasteiger partial charge is 0.481 e. The SMILES string of the molecule is CSc1ccc(Cl)c(C(=O)NCC2(C(=O)O)CCOCC2)c1. The average molecular weight is 344 g/mol. The molecule has 5 nitrogen and oxygen atoms in total. The van der Waals surface area contributed by atoms with Crippen molar-refractivity contribution in [1.82, 2.24) is 5.32 Å². The van der Waals surface area contributed by atoms with Crippen LogP contribution in [-0.4, -0.2) is 43.0 Å². The second-order valence-electron chi connectivity index (χ2n) is 5.23. The highest BCUT2D eigenvalue weighted by Crippen LogP contribution is 2.30. The van der Waals surface area contributed by atoms with Crippen molar-refractivity contribution in [1.29, 1.82) is 0 Å². The zero-order valence-electron chi connectivity index (χ0n) is 12.2. The third-order valence-corrected chi connectivity index (χ3v) is 4.96. The van der Waals surface area contributed by atoms with Gasteiger partial charge in [0.1, 0.15) is 0 Å². The zero-order chi connectivity index (χ0) is 16.2. The van der Waals surface area contributed by atoms with Gasteiger partial charge in [-0.1, -0.05) is 11.6 Å². The van der Waals surface area contributed by atoms with Crippen LogP contribution in [0.25, 0.3) is 0 Å². The lowest BCUT2D eigenvalue weighted by Gasteiger charge is -2.33. The number of hydrogen-bond acceptors (Lipinski definition) is 4. The van der Waals surface area contributed by atoms with E-state index < -0.39 is 11.4 Å². The lowest BCUT2D eigenvalue weighted by molar-refractivity contribution is -0.154. The van der Waals surface area contributed by atoms with Gasteiger partial charge in [-0.05, 0) is 37.3 Å². The molecule has 22 heavy (non-hydrogen) atoms. The molecule has 0 aliphatic carbocycles. The van der Waals surface area contributed by atoms with Crippen molar-refractivity contribution in [2.75, 3.05) is 26.0 Å². The summed E-state index contributed by atoms with van der Waals surface area (Å²) < 4.78 is 5.22. The third-order valence-electron chi connectivity index (χ3n) is 3.91. The van der Waals surface area contributed by atoms with Crippen LogP contribution >= 0.6 is 23.4 Å². The van der Waals surface area contributed by atoms with Gasteiger partial charge in [0.2, 0.25) is 0 Å². The second-order valence-corrected chi connectivity index (χ2v) is 6.51. The molecule has 1 saturated heterocycles. The van der Waals surface area contributed by atoms with E-state index in [0.717, 1.165) is 4.90 Å². The Kier molecular flexibility index (Phi) is 5.72. The summed E-state index contributed by atoms with van der Waals surface area (Å²) in [6.07, 6.45) is 2.69. The van der Waals surface area contributed by atoms with Crippen LogP contribution in [0.2, 0.25) is 5.02 Å². The Balaban J connectivity index is 2.10. The Labute approximate surface area is 138 Å². The highest BCUT2D eigenvalue weighted by atomic mass is 35.5. The molecule has 2 N–H and O–H groups in total. The van der Waals surface area contributed by atoms with Crippen LogP contribution < -0.4 is 5.32 Å². The van der Waals surface area contributed by atoms with Gasteiger partial charge in [0.05, 0.1) is 16.0 Å². The highest BCUT2D eigenvalue weighted by molar-refractivity contribution is 7.98. The minimum absolute atomic E-state index is 0.0738. The molecule has 1 aromatic carbocycles. The van der Waals surface area contributed by atoms with Crippen molar-refractivity contribution in [2.45, 2.75) is 17.7 Å². The second kappa shape index (κ2) is 7.35. The van der Waals surface area contributed by atoms with E-state index in [-0.39, 0.29) is 12.5 Å². The Morgan fingerprint density at radius 2 is 2.09 bits per heavy atom. The number of hydrogen-bond donors (Lipinski definition) is 2. The number of carboxylic acid groups (broad SMARTS) is 1. The quantitative estimate of drug-likeness (QED) is 0.804. The molecule has 1 aromatic rings. The number of aliphatic carboxylic acids is 1. The lowest BCUT2D eigenvalue weighted by Crippen LogP contribution is -2.46. The van der Waals surface area contributed by atoms with Gasteiger partial charge in [-0.15, -0.1) is 11.8 Å². The van der Waals surface area contributed by atoms with Crippen LogP contribution in [0.1, 0.15) is 23.2 Å². The first kappa shape index (κ1) is 17.1. The van der Waals surface area contributed by atoms with Crippen LogP contribution in [0, 0.1) is 5.41 Å². The number of carbonyl (C=O) groups excluding carboxylic acids is 1. The topological polar surface area (TPSA) is 75.6 Å². The number of ether oxygens (including phenoxy) is 1. The maximum Gasteiger partial charge on any atom is 0.311 e. The number of carbonyl (C=O) groups is 2. The van der Waals surface area contributed by atoms with Gasteiger partial charge in [-0.25, -0.2) is 0 Å². The predicted octanol–water partition coefficient (Wildman–Crippen LogP) is 2.67. The lowest BCUT2D eigenvalue weighted by atomic mass is 9.80. The zero-order valence-corrected chi connectivity index (χ0v) is 13.8. The van der Waals surface area contributed by atoms with E-state index in [1.807, 2.05) is 12.3 Å². The smallest absolute Gasteiger partial charge is 0.311 e. The van der Waals surface area contributed by atoms with Gasteiger partial charge in [0.15, 0.2) is 0 Å². The van der Waals surface area contributed by atoms with Gasteiger partial charge < -0.3 is 15.2 Å². The van der Waals surface area contributed by atoms with Crippen LogP contribution in [0.3, 0.4) is 0 Å². The average Bonchev–Trinajstić information content (AvgIpc) is 2.54. The molecular formula is C15H18ClNO4S. The molecule has 0 aromatic heterocycles. The minimum atomic E-state index is -0.961. The van der Waals surface area contributed by atoms with E-state index in [2.05, 4.69) is 5.32 Å². The summed E-state index contributed by atoms with van der Waals surface area (Å²) in [6, 6.07) is 5.21. The van der Waals surface area contributed by atoms with Crippen molar-refractivity contribution < 1.29 is 19.4 Å². The molecule has 0 unspecified atom stereocenters. The van der Waals surface area contributed by atoms with E-state index in [1.165, 1.54) is 11.8 Å². The molecule has 1 amide bonds. The molecule has 1 aliphatic rings. The van der Waals surface area contributed by atoms with Crippen molar-refractivity contribution >= 4 is 35.2 Å². The van der Waals surface area contributed by atoms with E-state index in [1.54, 1.807) is 12.1 Å². The highest BCUT2D eigenvalue weighted by Gasteiger charge is 2.40. The summed E-state index contributed by atoms with van der Waals surface area (Å²) in [5.74, 6) is -1.26. The molecule has 1 fully saturated rings. The number of amides is 1. The van der Waals surface area contributed by atoms with E-state index in [4.69, 9.17) is 16.3 Å². The fourth-order valence-electron chi connectivity index (χ4n) is 2.38. The summed E-state index contributed by atoms with van der Waals surface area (Å²) in [5, 5.41) is 12.5. The first-order valence-electron chi connectivity index (χ1n) is 6.91. The van der Waals surface area contributed by atoms with Crippen molar-refractivity contribution in [2.24, 2.45) is 5.41 Å². The maximum atomic E-state index is 12.3. The number of rotatable bonds is 5. The van der Waals surface area contributed by atoms with Gasteiger partial charge in [0.25, 0.3) is 5.91 Å². The normalized spacial score (nSPS) is 17.0. The van der Waals surface area contributed by atoms with Gasteiger partial charge in [0, 0.05) is 24.7 Å². The molecule has 0 spiro atoms. The molecule has 120 valence electrons. The van der Waals surface area contributed by atoms with Crippen LogP contribution in [0.5, 0.6) is 0 Å². The van der Waals surface area contributed by atoms with Crippen LogP contribution in [0.4, 0.5) is 0 Å². The summed E-state index contributed by atoms with van der Waals surface area (Å²) in [6.45, 7) is 0.861. The Morgan fingerprint density at radius 1 is 1.41 bits per heavy atom. The standard InChI is InChI=1S/C15H18ClNO4S/c1-22-10-2-3-12(16)11(8-10)13(18)17-9-15(14(19)20)4-6-21-7-5-15/h2-3,8H,4-7,9H2,1H3,(H,17,18)(H,19,20). The van der Waals surface area contributed by atoms with Gasteiger partial charge in [-0.2, -0.15) is 0 Å². The molecule has 2 rings (SSSR count). The van der Waals surface area contributed by atoms with E-state index in [9.17, 15) is 14.7 Å². The van der Waals surface area contributed by atoms with Gasteiger partial charge in [-0.3, -0.25) is 9.59 Å². The molecule has 1 aliphatic heterocycles. The Hall–Kier alpha value is -1.24. The molecule has 7 heteroatoms. The van der Waals surface area contributed by atoms with Crippen molar-refractivity contribution in [3.63, 3.8) is 0 Å². The Morgan fingerprint density at radius 3 is 2.68 bits per heavy atom. The first-order valence-corrected chi connectivity index (χ1v) is 8.52. The molecule has 0 atom stereocenters. The summed E-state index contributed by atoms with van der Waals surface area (Å²) in [7, 11) is 0. The number of thioether (sulfide) groups is 1. The fourth-order valence-corrected chi connectivity index (χ4v) is 3.02. The van der Waals surface area contributed by atoms with Gasteiger partial charge >= 0.3 is 5.97 Å². The first-order chi connectivity index (χ1) is 10.5. The Bertz CT molecular complexity index is 573. The van der Waals surface area contributed by atoms with E-state index in [0.29, 0.717) is 36.6 Å². The minimum Gasteiger partial charge on any atom is -0.481 e. The number of nitrogens with one attached hydrogen (secondary N) is 1. The maximum absolute atomic E-state index is 12.3. The number of carboxylic acids is 1. The molecule has 0 radical (unpaired) electrons. The number of benzene rings is 1. The third kappa shape index (κ3) is 3.74. The van der Waals surface area contributed by atoms with E-state index >= 15 is 0 Å². The van der Waals surface area contributed by atoms with Crippen molar-refractivity contribution in [3.8, 4) is 0 Å². The predicted molar refractivity (Wildman–Crippen MR) is 85.7 cm³/mol. The molecule has 1 heterocycles. The number of halogens is 1. The van der Waals surface area contributed by atoms with Crippen molar-refractivity contribution in [3.05, 3.63) is 28.8 Å². The summed E-state index contributed by atoms with van der Waals surface area (Å²) in [4.78, 5) is 24.8. The molecule has 0 bridgehead atoms. The van der Waals surface area contributed by atoms with Crippen LogP contribution in [-0.2, 0) is 9.53 Å². The molecular weight excluding hydrogens is 326 g/mol. The monoisotopic (exact) mass is 343 g/mol.